The first-order chi connectivity index (χ1) is 19.8. The van der Waals surface area contributed by atoms with Crippen LogP contribution in [0, 0.1) is 11.3 Å². The Morgan fingerprint density at radius 2 is 1.57 bits per heavy atom. The predicted molar refractivity (Wildman–Crippen MR) is 166 cm³/mol. The molecule has 0 spiro atoms. The van der Waals surface area contributed by atoms with Crippen LogP contribution in [0.15, 0.2) is 0 Å². The summed E-state index contributed by atoms with van der Waals surface area (Å²) in [6.07, 6.45) is 1.58. The van der Waals surface area contributed by atoms with Gasteiger partial charge in [-0.15, -0.1) is 0 Å². The van der Waals surface area contributed by atoms with Crippen molar-refractivity contribution in [3.05, 3.63) is 0 Å². The lowest BCUT2D eigenvalue weighted by atomic mass is 9.85. The molecule has 0 aliphatic carbocycles. The number of rotatable bonds is 20. The van der Waals surface area contributed by atoms with Crippen LogP contribution in [0.5, 0.6) is 0 Å². The first-order valence-electron chi connectivity index (χ1n) is 15.3. The molecule has 1 fully saturated rings. The Morgan fingerprint density at radius 3 is 2.14 bits per heavy atom. The van der Waals surface area contributed by atoms with E-state index in [4.69, 9.17) is 18.9 Å². The summed E-state index contributed by atoms with van der Waals surface area (Å²) in [6.45, 7) is 18.3. The number of ether oxygens (including phenoxy) is 4. The molecule has 0 saturated carbocycles. The molecule has 0 aromatic heterocycles. The largest absolute Gasteiger partial charge is 0.461 e. The van der Waals surface area contributed by atoms with Crippen LogP contribution >= 0.6 is 0 Å². The smallest absolute Gasteiger partial charge is 0.302 e. The van der Waals surface area contributed by atoms with Crippen LogP contribution in [0.3, 0.4) is 0 Å². The number of carbonyl (C=O) groups is 4. The van der Waals surface area contributed by atoms with Crippen LogP contribution < -0.4 is 16.0 Å². The summed E-state index contributed by atoms with van der Waals surface area (Å²) in [5.41, 5.74) is -0.656. The molecule has 5 atom stereocenters. The molecule has 3 N–H and O–H groups in total. The second-order valence-electron chi connectivity index (χ2n) is 12.1. The monoisotopic (exact) mass is 606 g/mol. The highest BCUT2D eigenvalue weighted by atomic mass is 16.5. The van der Waals surface area contributed by atoms with Gasteiger partial charge in [-0.1, -0.05) is 48.0 Å². The third-order valence-corrected chi connectivity index (χ3v) is 7.25. The van der Waals surface area contributed by atoms with Gasteiger partial charge in [0, 0.05) is 36.8 Å². The van der Waals surface area contributed by atoms with Gasteiger partial charge in [-0.2, -0.15) is 0 Å². The molecule has 0 aromatic carbocycles. The van der Waals surface area contributed by atoms with E-state index in [0.717, 1.165) is 19.4 Å². The number of hydrogen-bond donors (Lipinski definition) is 3. The summed E-state index contributed by atoms with van der Waals surface area (Å²) >= 11 is 0. The second kappa shape index (κ2) is 19.8. The number of carbonyl (C=O) groups excluding carboxylic acids is 4. The van der Waals surface area contributed by atoms with Crippen molar-refractivity contribution < 1.29 is 42.4 Å². The summed E-state index contributed by atoms with van der Waals surface area (Å²) in [7, 11) is 0. The van der Waals surface area contributed by atoms with Gasteiger partial charge >= 0.3 is 5.97 Å². The zero-order valence-corrected chi connectivity index (χ0v) is 27.1. The Balaban J connectivity index is -0.00000588. The Labute approximate surface area is 256 Å². The highest BCUT2D eigenvalue weighted by molar-refractivity contribution is 5.93. The lowest BCUT2D eigenvalue weighted by molar-refractivity contribution is -0.147. The van der Waals surface area contributed by atoms with E-state index in [1.54, 1.807) is 0 Å². The number of amides is 3. The Hall–Kier alpha value is -2.28. The molecular weight excluding hydrogens is 544 g/mol. The van der Waals surface area contributed by atoms with Gasteiger partial charge in [0.2, 0.25) is 17.7 Å². The standard InChI is InChI=1S/C30H56N4O8.3H2/c1-9-21(3)18-32-28(37)25-17-24(42-23(5)35)19-34(25)29(38)27(30(6,7)8)33-26(36)20-41-16-15-40-14-13-39-12-11-31-22(4)10-2;;;/h21-22,24-25,27,31H,9-20H2,1-8H3,(H,32,37)(H,33,36);3*1H. The van der Waals surface area contributed by atoms with Gasteiger partial charge in [0.1, 0.15) is 24.8 Å². The third kappa shape index (κ3) is 14.8. The predicted octanol–water partition coefficient (Wildman–Crippen LogP) is 2.39. The first kappa shape index (κ1) is 37.7. The molecule has 1 rings (SSSR count). The second-order valence-corrected chi connectivity index (χ2v) is 12.1. The molecular formula is C30H62N4O8. The molecule has 0 radical (unpaired) electrons. The van der Waals surface area contributed by atoms with Crippen molar-refractivity contribution >= 4 is 23.7 Å². The molecule has 1 aliphatic heterocycles. The molecule has 12 heteroatoms. The highest BCUT2D eigenvalue weighted by Crippen LogP contribution is 2.27. The van der Waals surface area contributed by atoms with E-state index in [-0.39, 0.29) is 42.3 Å². The fraction of sp³-hybridized carbons (Fsp3) is 0.867. The number of hydrogen-bond acceptors (Lipinski definition) is 9. The van der Waals surface area contributed by atoms with Crippen molar-refractivity contribution in [1.29, 1.82) is 0 Å². The van der Waals surface area contributed by atoms with Gasteiger partial charge in [-0.3, -0.25) is 19.2 Å². The Morgan fingerprint density at radius 1 is 0.952 bits per heavy atom. The van der Waals surface area contributed by atoms with Gasteiger partial charge < -0.3 is 39.8 Å². The maximum atomic E-state index is 13.8. The fourth-order valence-corrected chi connectivity index (χ4v) is 4.29. The molecule has 0 aromatic rings. The zero-order chi connectivity index (χ0) is 31.7. The van der Waals surface area contributed by atoms with Crippen molar-refractivity contribution in [1.82, 2.24) is 20.9 Å². The van der Waals surface area contributed by atoms with Crippen molar-refractivity contribution in [2.75, 3.05) is 59.3 Å². The maximum absolute atomic E-state index is 13.8. The average molecular weight is 607 g/mol. The number of nitrogens with zero attached hydrogens (tertiary/aromatic N) is 1. The minimum atomic E-state index is -0.919. The van der Waals surface area contributed by atoms with Crippen molar-refractivity contribution in [2.24, 2.45) is 11.3 Å². The quantitative estimate of drug-likeness (QED) is 0.141. The van der Waals surface area contributed by atoms with E-state index >= 15 is 0 Å². The molecule has 5 unspecified atom stereocenters. The molecule has 250 valence electrons. The van der Waals surface area contributed by atoms with Crippen LogP contribution in [0.1, 0.15) is 78.9 Å². The molecule has 1 saturated heterocycles. The zero-order valence-electron chi connectivity index (χ0n) is 27.1. The van der Waals surface area contributed by atoms with E-state index in [1.165, 1.54) is 11.8 Å². The van der Waals surface area contributed by atoms with Gasteiger partial charge in [-0.25, -0.2) is 0 Å². The van der Waals surface area contributed by atoms with E-state index in [0.29, 0.717) is 39.0 Å². The summed E-state index contributed by atoms with van der Waals surface area (Å²) < 4.78 is 21.8. The number of likely N-dealkylation sites (tertiary alicyclic amines) is 1. The van der Waals surface area contributed by atoms with Crippen molar-refractivity contribution in [3.8, 4) is 0 Å². The summed E-state index contributed by atoms with van der Waals surface area (Å²) in [5.74, 6) is -1.35. The van der Waals surface area contributed by atoms with Gasteiger partial charge in [0.15, 0.2) is 0 Å². The lowest BCUT2D eigenvalue weighted by Gasteiger charge is -2.35. The van der Waals surface area contributed by atoms with E-state index < -0.39 is 41.4 Å². The normalized spacial score (nSPS) is 19.2. The molecule has 3 amide bonds. The topological polar surface area (TPSA) is 145 Å². The molecule has 12 nitrogen and oxygen atoms in total. The van der Waals surface area contributed by atoms with Gasteiger partial charge in [-0.05, 0) is 24.7 Å². The summed E-state index contributed by atoms with van der Waals surface area (Å²) in [6, 6.07) is -1.25. The summed E-state index contributed by atoms with van der Waals surface area (Å²) in [4.78, 5) is 52.6. The van der Waals surface area contributed by atoms with E-state index in [1.807, 2.05) is 34.6 Å². The SMILES string of the molecule is CCC(C)CNC(=O)C1CC(OC(C)=O)CN1C(=O)C(NC(=O)COCCOCCOCCNC(C)CC)C(C)(C)C.[HH].[HH].[HH]. The first-order valence-corrected chi connectivity index (χ1v) is 15.3. The summed E-state index contributed by atoms with van der Waals surface area (Å²) in [5, 5.41) is 9.06. The lowest BCUT2D eigenvalue weighted by Crippen LogP contribution is -2.58. The minimum absolute atomic E-state index is 0. The Bertz CT molecular complexity index is 851. The van der Waals surface area contributed by atoms with Crippen LogP contribution in [-0.2, 0) is 38.1 Å². The van der Waals surface area contributed by atoms with E-state index in [2.05, 4.69) is 29.8 Å². The van der Waals surface area contributed by atoms with Crippen molar-refractivity contribution in [2.45, 2.75) is 98.9 Å². The molecule has 1 heterocycles. The van der Waals surface area contributed by atoms with Crippen molar-refractivity contribution in [3.63, 3.8) is 0 Å². The molecule has 0 bridgehead atoms. The van der Waals surface area contributed by atoms with Gasteiger partial charge in [0.05, 0.1) is 39.6 Å². The third-order valence-electron chi connectivity index (χ3n) is 7.25. The minimum Gasteiger partial charge on any atom is -0.461 e. The maximum Gasteiger partial charge on any atom is 0.302 e. The number of nitrogens with one attached hydrogen (secondary N) is 3. The van der Waals surface area contributed by atoms with Gasteiger partial charge in [0.25, 0.3) is 0 Å². The molecule has 42 heavy (non-hydrogen) atoms. The number of esters is 1. The van der Waals surface area contributed by atoms with Crippen LogP contribution in [0.4, 0.5) is 0 Å². The fourth-order valence-electron chi connectivity index (χ4n) is 4.29. The molecule has 1 aliphatic rings. The van der Waals surface area contributed by atoms with Crippen LogP contribution in [0.2, 0.25) is 0 Å². The van der Waals surface area contributed by atoms with E-state index in [9.17, 15) is 19.2 Å². The Kier molecular flexibility index (Phi) is 17.8. The highest BCUT2D eigenvalue weighted by Gasteiger charge is 2.45. The van der Waals surface area contributed by atoms with Crippen LogP contribution in [0.25, 0.3) is 0 Å². The van der Waals surface area contributed by atoms with Crippen LogP contribution in [-0.4, -0.2) is 112 Å². The average Bonchev–Trinajstić information content (AvgIpc) is 3.35.